The van der Waals surface area contributed by atoms with E-state index in [9.17, 15) is 0 Å². The molecule has 0 spiro atoms. The Balaban J connectivity index is 1.92. The highest BCUT2D eigenvalue weighted by molar-refractivity contribution is 5.44. The summed E-state index contributed by atoms with van der Waals surface area (Å²) in [6.45, 7) is 5.25. The van der Waals surface area contributed by atoms with Crippen LogP contribution in [-0.2, 0) is 4.74 Å². The molecule has 0 amide bonds. The minimum Gasteiger partial charge on any atom is -0.493 e. The second-order valence-corrected chi connectivity index (χ2v) is 5.18. The zero-order valence-corrected chi connectivity index (χ0v) is 11.2. The average molecular weight is 251 g/mol. The summed E-state index contributed by atoms with van der Waals surface area (Å²) in [7, 11) is 1.71. The van der Waals surface area contributed by atoms with E-state index >= 15 is 0 Å². The van der Waals surface area contributed by atoms with Crippen molar-refractivity contribution in [3.05, 3.63) is 23.8 Å². The van der Waals surface area contributed by atoms with E-state index in [1.807, 2.05) is 32.0 Å². The van der Waals surface area contributed by atoms with Crippen LogP contribution >= 0.6 is 0 Å². The van der Waals surface area contributed by atoms with Crippen LogP contribution in [0.2, 0.25) is 0 Å². The molecule has 1 aromatic carbocycles. The smallest absolute Gasteiger partial charge is 0.127 e. The first kappa shape index (κ1) is 13.2. The van der Waals surface area contributed by atoms with Gasteiger partial charge in [-0.2, -0.15) is 0 Å². The van der Waals surface area contributed by atoms with Crippen molar-refractivity contribution in [2.24, 2.45) is 5.73 Å². The largest absolute Gasteiger partial charge is 0.493 e. The van der Waals surface area contributed by atoms with Crippen LogP contribution in [0.1, 0.15) is 31.9 Å². The fourth-order valence-corrected chi connectivity index (χ4v) is 1.82. The maximum Gasteiger partial charge on any atom is 0.127 e. The minimum absolute atomic E-state index is 0.0125. The fourth-order valence-electron chi connectivity index (χ4n) is 1.82. The number of rotatable bonds is 5. The van der Waals surface area contributed by atoms with Crippen molar-refractivity contribution in [2.45, 2.75) is 31.9 Å². The van der Waals surface area contributed by atoms with Gasteiger partial charge in [-0.05, 0) is 26.0 Å². The summed E-state index contributed by atoms with van der Waals surface area (Å²) in [6, 6.07) is 5.81. The highest BCUT2D eigenvalue weighted by atomic mass is 16.5. The molecule has 0 bridgehead atoms. The van der Waals surface area contributed by atoms with Gasteiger partial charge in [0.05, 0.1) is 18.2 Å². The lowest BCUT2D eigenvalue weighted by Crippen LogP contribution is -2.25. The van der Waals surface area contributed by atoms with E-state index in [0.29, 0.717) is 13.2 Å². The molecule has 0 fully saturated rings. The quantitative estimate of drug-likeness (QED) is 0.872. The van der Waals surface area contributed by atoms with Crippen molar-refractivity contribution >= 4 is 0 Å². The predicted octanol–water partition coefficient (Wildman–Crippen LogP) is 2.27. The van der Waals surface area contributed by atoms with E-state index in [-0.39, 0.29) is 11.6 Å². The molecule has 1 aliphatic heterocycles. The summed E-state index contributed by atoms with van der Waals surface area (Å²) in [6.07, 6.45) is 0.834. The molecule has 100 valence electrons. The average Bonchev–Trinajstić information content (AvgIpc) is 2.71. The van der Waals surface area contributed by atoms with Gasteiger partial charge in [0.25, 0.3) is 0 Å². The van der Waals surface area contributed by atoms with Gasteiger partial charge in [-0.25, -0.2) is 0 Å². The molecule has 4 nitrogen and oxygen atoms in total. The molecule has 2 N–H and O–H groups in total. The summed E-state index contributed by atoms with van der Waals surface area (Å²) in [5, 5.41) is 0. The maximum atomic E-state index is 5.89. The standard InChI is InChI=1S/C14H21NO3/c1-14(2,16-3)6-7-17-10-4-5-11-12(15)9-18-13(11)8-10/h4-5,8,12H,6-7,9,15H2,1-3H3. The monoisotopic (exact) mass is 251 g/mol. The summed E-state index contributed by atoms with van der Waals surface area (Å²) in [5.74, 6) is 1.65. The molecule has 1 aromatic rings. The Bertz CT molecular complexity index is 418. The molecule has 0 aliphatic carbocycles. The van der Waals surface area contributed by atoms with Gasteiger partial charge in [-0.15, -0.1) is 0 Å². The van der Waals surface area contributed by atoms with E-state index < -0.39 is 0 Å². The van der Waals surface area contributed by atoms with Crippen molar-refractivity contribution in [3.63, 3.8) is 0 Å². The van der Waals surface area contributed by atoms with E-state index in [1.165, 1.54) is 0 Å². The topological polar surface area (TPSA) is 53.7 Å². The number of ether oxygens (including phenoxy) is 3. The van der Waals surface area contributed by atoms with E-state index in [1.54, 1.807) is 7.11 Å². The van der Waals surface area contributed by atoms with Crippen LogP contribution in [-0.4, -0.2) is 25.9 Å². The SMILES string of the molecule is COC(C)(C)CCOc1ccc2c(c1)OCC2N. The van der Waals surface area contributed by atoms with Crippen molar-refractivity contribution in [2.75, 3.05) is 20.3 Å². The van der Waals surface area contributed by atoms with Gasteiger partial charge < -0.3 is 19.9 Å². The number of hydrogen-bond acceptors (Lipinski definition) is 4. The van der Waals surface area contributed by atoms with Crippen molar-refractivity contribution < 1.29 is 14.2 Å². The molecule has 1 aliphatic rings. The Morgan fingerprint density at radius 1 is 1.44 bits per heavy atom. The minimum atomic E-state index is -0.157. The molecule has 18 heavy (non-hydrogen) atoms. The highest BCUT2D eigenvalue weighted by Crippen LogP contribution is 2.34. The Morgan fingerprint density at radius 2 is 2.22 bits per heavy atom. The number of hydrogen-bond donors (Lipinski definition) is 1. The molecule has 4 heteroatoms. The lowest BCUT2D eigenvalue weighted by atomic mass is 10.1. The second kappa shape index (κ2) is 5.16. The number of fused-ring (bicyclic) bond motifs is 1. The van der Waals surface area contributed by atoms with Crippen molar-refractivity contribution in [1.29, 1.82) is 0 Å². The molecule has 1 atom stereocenters. The van der Waals surface area contributed by atoms with Crippen LogP contribution in [0, 0.1) is 0 Å². The molecular formula is C14H21NO3. The van der Waals surface area contributed by atoms with Gasteiger partial charge in [0.1, 0.15) is 18.1 Å². The Labute approximate surface area is 108 Å². The molecule has 0 aromatic heterocycles. The van der Waals surface area contributed by atoms with E-state index in [4.69, 9.17) is 19.9 Å². The van der Waals surface area contributed by atoms with Crippen LogP contribution in [0.4, 0.5) is 0 Å². The first-order chi connectivity index (χ1) is 8.52. The number of methoxy groups -OCH3 is 1. The molecular weight excluding hydrogens is 230 g/mol. The van der Waals surface area contributed by atoms with Crippen LogP contribution in [0.5, 0.6) is 11.5 Å². The van der Waals surface area contributed by atoms with Gasteiger partial charge in [-0.3, -0.25) is 0 Å². The van der Waals surface area contributed by atoms with Crippen LogP contribution < -0.4 is 15.2 Å². The number of benzene rings is 1. The van der Waals surface area contributed by atoms with Gasteiger partial charge in [0.2, 0.25) is 0 Å². The highest BCUT2D eigenvalue weighted by Gasteiger charge is 2.21. The third-order valence-electron chi connectivity index (χ3n) is 3.33. The van der Waals surface area contributed by atoms with Crippen LogP contribution in [0.3, 0.4) is 0 Å². The lowest BCUT2D eigenvalue weighted by molar-refractivity contribution is 0.00545. The van der Waals surface area contributed by atoms with Gasteiger partial charge >= 0.3 is 0 Å². The molecule has 0 saturated heterocycles. The molecule has 2 rings (SSSR count). The van der Waals surface area contributed by atoms with Crippen molar-refractivity contribution in [1.82, 2.24) is 0 Å². The predicted molar refractivity (Wildman–Crippen MR) is 70.1 cm³/mol. The second-order valence-electron chi connectivity index (χ2n) is 5.18. The summed E-state index contributed by atoms with van der Waals surface area (Å²) >= 11 is 0. The zero-order valence-electron chi connectivity index (χ0n) is 11.2. The summed E-state index contributed by atoms with van der Waals surface area (Å²) < 4.78 is 16.5. The molecule has 1 heterocycles. The maximum absolute atomic E-state index is 5.89. The molecule has 0 saturated carbocycles. The zero-order chi connectivity index (χ0) is 13.2. The Hall–Kier alpha value is -1.26. The Kier molecular flexibility index (Phi) is 3.78. The number of nitrogens with two attached hydrogens (primary N) is 1. The van der Waals surface area contributed by atoms with Gasteiger partial charge in [-0.1, -0.05) is 0 Å². The lowest BCUT2D eigenvalue weighted by Gasteiger charge is -2.22. The van der Waals surface area contributed by atoms with Crippen molar-refractivity contribution in [3.8, 4) is 11.5 Å². The van der Waals surface area contributed by atoms with Crippen LogP contribution in [0.15, 0.2) is 18.2 Å². The Morgan fingerprint density at radius 3 is 2.94 bits per heavy atom. The first-order valence-corrected chi connectivity index (χ1v) is 6.22. The summed E-state index contributed by atoms with van der Waals surface area (Å²) in [5.41, 5.74) is 6.79. The van der Waals surface area contributed by atoms with E-state index in [0.717, 1.165) is 23.5 Å². The molecule has 0 radical (unpaired) electrons. The van der Waals surface area contributed by atoms with Gasteiger partial charge in [0.15, 0.2) is 0 Å². The van der Waals surface area contributed by atoms with Gasteiger partial charge in [0, 0.05) is 25.2 Å². The molecule has 1 unspecified atom stereocenters. The summed E-state index contributed by atoms with van der Waals surface area (Å²) in [4.78, 5) is 0. The fraction of sp³-hybridized carbons (Fsp3) is 0.571. The van der Waals surface area contributed by atoms with Crippen LogP contribution in [0.25, 0.3) is 0 Å². The third kappa shape index (κ3) is 2.94. The first-order valence-electron chi connectivity index (χ1n) is 6.22. The normalized spacial score (nSPS) is 18.3. The third-order valence-corrected chi connectivity index (χ3v) is 3.33. The van der Waals surface area contributed by atoms with E-state index in [2.05, 4.69) is 0 Å².